The lowest BCUT2D eigenvalue weighted by Crippen LogP contribution is -2.16. The van der Waals surface area contributed by atoms with Crippen LogP contribution >= 0.6 is 0 Å². The van der Waals surface area contributed by atoms with Gasteiger partial charge in [0.25, 0.3) is 0 Å². The summed E-state index contributed by atoms with van der Waals surface area (Å²) in [6.45, 7) is 5.12. The Kier molecular flexibility index (Phi) is 4.85. The van der Waals surface area contributed by atoms with Crippen LogP contribution in [0.5, 0.6) is 0 Å². The fraction of sp³-hybridized carbons (Fsp3) is 0.625. The summed E-state index contributed by atoms with van der Waals surface area (Å²) >= 11 is 0. The van der Waals surface area contributed by atoms with Crippen molar-refractivity contribution < 1.29 is 9.90 Å². The van der Waals surface area contributed by atoms with Crippen molar-refractivity contribution >= 4 is 5.78 Å². The fourth-order valence-electron chi connectivity index (χ4n) is 0.856. The van der Waals surface area contributed by atoms with E-state index in [1.807, 2.05) is 6.92 Å². The number of rotatable bonds is 5. The standard InChI is InChI=1S/C8H14O2/c1-3-5-7(4-2)8(10)6-9/h3,7,9H,1,4-6H2,2H3. The van der Waals surface area contributed by atoms with Crippen LogP contribution in [0.2, 0.25) is 0 Å². The number of ketones is 1. The van der Waals surface area contributed by atoms with E-state index in [-0.39, 0.29) is 18.3 Å². The highest BCUT2D eigenvalue weighted by atomic mass is 16.3. The molecule has 2 nitrogen and oxygen atoms in total. The summed E-state index contributed by atoms with van der Waals surface area (Å²) in [4.78, 5) is 10.8. The van der Waals surface area contributed by atoms with E-state index in [2.05, 4.69) is 6.58 Å². The molecule has 0 aromatic heterocycles. The van der Waals surface area contributed by atoms with Crippen LogP contribution in [0.3, 0.4) is 0 Å². The van der Waals surface area contributed by atoms with E-state index >= 15 is 0 Å². The predicted molar refractivity (Wildman–Crippen MR) is 40.7 cm³/mol. The van der Waals surface area contributed by atoms with Gasteiger partial charge in [-0.15, -0.1) is 6.58 Å². The van der Waals surface area contributed by atoms with Crippen molar-refractivity contribution in [3.8, 4) is 0 Å². The summed E-state index contributed by atoms with van der Waals surface area (Å²) < 4.78 is 0. The first-order valence-electron chi connectivity index (χ1n) is 3.50. The number of aliphatic hydroxyl groups is 1. The van der Waals surface area contributed by atoms with Crippen molar-refractivity contribution in [3.63, 3.8) is 0 Å². The number of carbonyl (C=O) groups excluding carboxylic acids is 1. The highest BCUT2D eigenvalue weighted by molar-refractivity contribution is 5.82. The normalized spacial score (nSPS) is 12.6. The maximum Gasteiger partial charge on any atom is 0.161 e. The number of aliphatic hydroxyl groups excluding tert-OH is 1. The molecule has 10 heavy (non-hydrogen) atoms. The first-order chi connectivity index (χ1) is 4.76. The molecule has 0 heterocycles. The lowest BCUT2D eigenvalue weighted by atomic mass is 9.98. The zero-order valence-corrected chi connectivity index (χ0v) is 6.34. The maximum absolute atomic E-state index is 10.8. The van der Waals surface area contributed by atoms with Crippen molar-refractivity contribution in [2.24, 2.45) is 5.92 Å². The molecule has 0 saturated carbocycles. The Hall–Kier alpha value is -0.630. The smallest absolute Gasteiger partial charge is 0.161 e. The fourth-order valence-corrected chi connectivity index (χ4v) is 0.856. The van der Waals surface area contributed by atoms with Gasteiger partial charge in [0.15, 0.2) is 5.78 Å². The Morgan fingerprint density at radius 3 is 2.70 bits per heavy atom. The number of hydrogen-bond acceptors (Lipinski definition) is 2. The van der Waals surface area contributed by atoms with Crippen LogP contribution in [0, 0.1) is 5.92 Å². The van der Waals surface area contributed by atoms with Gasteiger partial charge in [-0.25, -0.2) is 0 Å². The topological polar surface area (TPSA) is 37.3 Å². The first kappa shape index (κ1) is 9.37. The van der Waals surface area contributed by atoms with Crippen molar-refractivity contribution in [2.45, 2.75) is 19.8 Å². The molecule has 0 aliphatic heterocycles. The lowest BCUT2D eigenvalue weighted by Gasteiger charge is -2.07. The van der Waals surface area contributed by atoms with E-state index in [0.717, 1.165) is 6.42 Å². The molecule has 0 radical (unpaired) electrons. The third-order valence-electron chi connectivity index (χ3n) is 1.56. The van der Waals surface area contributed by atoms with Crippen LogP contribution < -0.4 is 0 Å². The van der Waals surface area contributed by atoms with Crippen LogP contribution in [0.25, 0.3) is 0 Å². The maximum atomic E-state index is 10.8. The second-order valence-corrected chi connectivity index (χ2v) is 2.25. The highest BCUT2D eigenvalue weighted by Gasteiger charge is 2.12. The molecule has 0 amide bonds. The van der Waals surface area contributed by atoms with Crippen LogP contribution in [-0.2, 0) is 4.79 Å². The summed E-state index contributed by atoms with van der Waals surface area (Å²) in [5, 5.41) is 8.48. The van der Waals surface area contributed by atoms with Gasteiger partial charge in [0.1, 0.15) is 6.61 Å². The Balaban J connectivity index is 3.79. The molecule has 2 heteroatoms. The Bertz CT molecular complexity index is 118. The summed E-state index contributed by atoms with van der Waals surface area (Å²) in [6, 6.07) is 0. The second kappa shape index (κ2) is 5.18. The van der Waals surface area contributed by atoms with Gasteiger partial charge in [-0.1, -0.05) is 13.0 Å². The molecule has 0 bridgehead atoms. The van der Waals surface area contributed by atoms with Crippen LogP contribution in [0.15, 0.2) is 12.7 Å². The molecule has 0 aromatic carbocycles. The van der Waals surface area contributed by atoms with Crippen LogP contribution in [0.4, 0.5) is 0 Å². The minimum Gasteiger partial charge on any atom is -0.389 e. The number of carbonyl (C=O) groups is 1. The van der Waals surface area contributed by atoms with E-state index < -0.39 is 0 Å². The summed E-state index contributed by atoms with van der Waals surface area (Å²) in [5.41, 5.74) is 0. The van der Waals surface area contributed by atoms with E-state index in [4.69, 9.17) is 5.11 Å². The van der Waals surface area contributed by atoms with E-state index in [1.54, 1.807) is 6.08 Å². The van der Waals surface area contributed by atoms with Gasteiger partial charge < -0.3 is 5.11 Å². The van der Waals surface area contributed by atoms with Crippen molar-refractivity contribution in [1.29, 1.82) is 0 Å². The average Bonchev–Trinajstić information content (AvgIpc) is 1.99. The number of Topliss-reactive ketones (excluding diaryl/α,β-unsaturated/α-hetero) is 1. The highest BCUT2D eigenvalue weighted by Crippen LogP contribution is 2.08. The average molecular weight is 142 g/mol. The van der Waals surface area contributed by atoms with Crippen molar-refractivity contribution in [3.05, 3.63) is 12.7 Å². The second-order valence-electron chi connectivity index (χ2n) is 2.25. The summed E-state index contributed by atoms with van der Waals surface area (Å²) in [7, 11) is 0. The molecule has 0 rings (SSSR count). The predicted octanol–water partition coefficient (Wildman–Crippen LogP) is 1.15. The molecular weight excluding hydrogens is 128 g/mol. The quantitative estimate of drug-likeness (QED) is 0.585. The third kappa shape index (κ3) is 2.78. The van der Waals surface area contributed by atoms with Crippen molar-refractivity contribution in [2.75, 3.05) is 6.61 Å². The van der Waals surface area contributed by atoms with Crippen molar-refractivity contribution in [1.82, 2.24) is 0 Å². The molecule has 1 atom stereocenters. The molecule has 0 aromatic rings. The molecule has 0 aliphatic carbocycles. The zero-order chi connectivity index (χ0) is 7.98. The molecule has 1 N–H and O–H groups in total. The third-order valence-corrected chi connectivity index (χ3v) is 1.56. The Morgan fingerprint density at radius 2 is 2.40 bits per heavy atom. The van der Waals surface area contributed by atoms with Gasteiger partial charge in [0, 0.05) is 5.92 Å². The van der Waals surface area contributed by atoms with Gasteiger partial charge in [-0.3, -0.25) is 4.79 Å². The molecule has 0 saturated heterocycles. The monoisotopic (exact) mass is 142 g/mol. The Morgan fingerprint density at radius 1 is 1.80 bits per heavy atom. The van der Waals surface area contributed by atoms with E-state index in [0.29, 0.717) is 6.42 Å². The van der Waals surface area contributed by atoms with Gasteiger partial charge in [-0.05, 0) is 12.8 Å². The summed E-state index contributed by atoms with van der Waals surface area (Å²) in [6.07, 6.45) is 3.17. The largest absolute Gasteiger partial charge is 0.389 e. The number of hydrogen-bond donors (Lipinski definition) is 1. The zero-order valence-electron chi connectivity index (χ0n) is 6.34. The molecule has 0 fully saturated rings. The van der Waals surface area contributed by atoms with E-state index in [9.17, 15) is 4.79 Å². The van der Waals surface area contributed by atoms with Gasteiger partial charge in [0.2, 0.25) is 0 Å². The molecule has 0 aliphatic rings. The molecular formula is C8H14O2. The molecule has 0 spiro atoms. The SMILES string of the molecule is C=CCC(CC)C(=O)CO. The van der Waals surface area contributed by atoms with E-state index in [1.165, 1.54) is 0 Å². The summed E-state index contributed by atoms with van der Waals surface area (Å²) in [5.74, 6) is -0.107. The van der Waals surface area contributed by atoms with Gasteiger partial charge in [0.05, 0.1) is 0 Å². The first-order valence-corrected chi connectivity index (χ1v) is 3.50. The molecule has 58 valence electrons. The van der Waals surface area contributed by atoms with Gasteiger partial charge >= 0.3 is 0 Å². The minimum absolute atomic E-state index is 0.0255. The number of allylic oxidation sites excluding steroid dienone is 1. The minimum atomic E-state index is -0.341. The van der Waals surface area contributed by atoms with Gasteiger partial charge in [-0.2, -0.15) is 0 Å². The Labute approximate surface area is 61.6 Å². The van der Waals surface area contributed by atoms with Crippen LogP contribution in [-0.4, -0.2) is 17.5 Å². The lowest BCUT2D eigenvalue weighted by molar-refractivity contribution is -0.125. The molecule has 1 unspecified atom stereocenters. The van der Waals surface area contributed by atoms with Crippen LogP contribution in [0.1, 0.15) is 19.8 Å².